The van der Waals surface area contributed by atoms with Crippen LogP contribution in [0.3, 0.4) is 0 Å². The Balaban J connectivity index is 4.03. The predicted octanol–water partition coefficient (Wildman–Crippen LogP) is 2.65. The minimum absolute atomic E-state index is 0.0712. The maximum absolute atomic E-state index is 11.9. The van der Waals surface area contributed by atoms with Crippen molar-refractivity contribution in [2.75, 3.05) is 5.75 Å². The van der Waals surface area contributed by atoms with Crippen LogP contribution >= 0.6 is 12.6 Å². The molecule has 1 atom stereocenters. The molecule has 0 aliphatic rings. The Bertz CT molecular complexity index is 156. The zero-order chi connectivity index (χ0) is 10.7. The smallest absolute Gasteiger partial charge is 0.389 e. The van der Waals surface area contributed by atoms with Gasteiger partial charge in [-0.25, -0.2) is 0 Å². The summed E-state index contributed by atoms with van der Waals surface area (Å²) in [6, 6.07) is 0. The van der Waals surface area contributed by atoms with E-state index in [2.05, 4.69) is 12.6 Å². The number of thiol groups is 1. The Hall–Kier alpha value is 0.100. The van der Waals surface area contributed by atoms with Crippen molar-refractivity contribution in [3.05, 3.63) is 0 Å². The molecule has 0 heterocycles. The van der Waals surface area contributed by atoms with Crippen LogP contribution in [0.4, 0.5) is 13.2 Å². The lowest BCUT2D eigenvalue weighted by Crippen LogP contribution is -2.32. The van der Waals surface area contributed by atoms with Crippen molar-refractivity contribution < 1.29 is 18.3 Å². The number of alkyl halides is 3. The minimum Gasteiger partial charge on any atom is -0.392 e. The molecule has 0 aliphatic heterocycles. The van der Waals surface area contributed by atoms with Crippen LogP contribution in [-0.4, -0.2) is 23.1 Å². The van der Waals surface area contributed by atoms with Gasteiger partial charge in [0, 0.05) is 12.2 Å². The number of halogens is 3. The molecule has 5 heteroatoms. The summed E-state index contributed by atoms with van der Waals surface area (Å²) in [5, 5.41) is 9.34. The van der Waals surface area contributed by atoms with Gasteiger partial charge in [-0.3, -0.25) is 0 Å². The first-order chi connectivity index (χ1) is 5.69. The highest BCUT2D eigenvalue weighted by molar-refractivity contribution is 7.80. The lowest BCUT2D eigenvalue weighted by Gasteiger charge is -2.29. The van der Waals surface area contributed by atoms with Crippen molar-refractivity contribution in [1.82, 2.24) is 0 Å². The third-order valence-corrected chi connectivity index (χ3v) is 2.47. The van der Waals surface area contributed by atoms with Crippen molar-refractivity contribution in [1.29, 1.82) is 0 Å². The highest BCUT2D eigenvalue weighted by atomic mass is 32.1. The Morgan fingerprint density at radius 1 is 1.23 bits per heavy atom. The molecule has 0 aliphatic carbocycles. The minimum atomic E-state index is -4.15. The van der Waals surface area contributed by atoms with Crippen molar-refractivity contribution in [3.8, 4) is 0 Å². The van der Waals surface area contributed by atoms with E-state index >= 15 is 0 Å². The van der Waals surface area contributed by atoms with Gasteiger partial charge in [-0.2, -0.15) is 25.8 Å². The van der Waals surface area contributed by atoms with Crippen LogP contribution in [0, 0.1) is 5.41 Å². The topological polar surface area (TPSA) is 20.2 Å². The summed E-state index contributed by atoms with van der Waals surface area (Å²) in [5.74, 6) is 0.185. The van der Waals surface area contributed by atoms with E-state index in [0.717, 1.165) is 0 Å². The van der Waals surface area contributed by atoms with Crippen LogP contribution in [0.2, 0.25) is 0 Å². The third kappa shape index (κ3) is 5.41. The molecular formula is C8H15F3OS. The second-order valence-corrected chi connectivity index (χ2v) is 4.17. The van der Waals surface area contributed by atoms with Crippen molar-refractivity contribution >= 4 is 12.6 Å². The fraction of sp³-hybridized carbons (Fsp3) is 1.00. The molecule has 0 saturated heterocycles. The van der Waals surface area contributed by atoms with Gasteiger partial charge in [0.25, 0.3) is 0 Å². The van der Waals surface area contributed by atoms with E-state index in [1.165, 1.54) is 0 Å². The molecule has 1 unspecified atom stereocenters. The monoisotopic (exact) mass is 216 g/mol. The van der Waals surface area contributed by atoms with Crippen molar-refractivity contribution in [2.24, 2.45) is 5.41 Å². The van der Waals surface area contributed by atoms with Gasteiger partial charge in [0.2, 0.25) is 0 Å². The largest absolute Gasteiger partial charge is 0.392 e. The van der Waals surface area contributed by atoms with E-state index < -0.39 is 24.1 Å². The van der Waals surface area contributed by atoms with Crippen LogP contribution in [0.1, 0.15) is 26.7 Å². The molecule has 0 aromatic rings. The summed E-state index contributed by atoms with van der Waals surface area (Å²) in [7, 11) is 0. The van der Waals surface area contributed by atoms with Crippen LogP contribution in [-0.2, 0) is 0 Å². The van der Waals surface area contributed by atoms with E-state index in [9.17, 15) is 18.3 Å². The van der Waals surface area contributed by atoms with E-state index in [4.69, 9.17) is 0 Å². The molecule has 0 saturated carbocycles. The van der Waals surface area contributed by atoms with Gasteiger partial charge in [0.1, 0.15) is 0 Å². The van der Waals surface area contributed by atoms with Crippen LogP contribution in [0.15, 0.2) is 0 Å². The summed E-state index contributed by atoms with van der Waals surface area (Å²) >= 11 is 3.84. The van der Waals surface area contributed by atoms with Gasteiger partial charge < -0.3 is 5.11 Å². The van der Waals surface area contributed by atoms with Gasteiger partial charge in [0.15, 0.2) is 0 Å². The summed E-state index contributed by atoms with van der Waals surface area (Å²) in [5.41, 5.74) is -0.725. The van der Waals surface area contributed by atoms with Gasteiger partial charge in [-0.05, 0) is 11.8 Å². The zero-order valence-electron chi connectivity index (χ0n) is 7.73. The number of aliphatic hydroxyl groups excluding tert-OH is 1. The van der Waals surface area contributed by atoms with E-state index in [1.807, 2.05) is 0 Å². The molecule has 0 spiro atoms. The summed E-state index contributed by atoms with van der Waals surface area (Å²) in [4.78, 5) is 0. The molecular weight excluding hydrogens is 201 g/mol. The van der Waals surface area contributed by atoms with E-state index in [-0.39, 0.29) is 12.2 Å². The average Bonchev–Trinajstić information content (AvgIpc) is 1.98. The Labute approximate surface area is 81.7 Å². The first-order valence-corrected chi connectivity index (χ1v) is 4.68. The highest BCUT2D eigenvalue weighted by Gasteiger charge is 2.34. The first kappa shape index (κ1) is 13.1. The molecule has 0 fully saturated rings. The Kier molecular flexibility index (Phi) is 4.59. The highest BCUT2D eigenvalue weighted by Crippen LogP contribution is 2.33. The quantitative estimate of drug-likeness (QED) is 0.692. The van der Waals surface area contributed by atoms with E-state index in [1.54, 1.807) is 13.8 Å². The van der Waals surface area contributed by atoms with Gasteiger partial charge in [0.05, 0.1) is 6.10 Å². The SMILES string of the molecule is CC(C)(CCC(F)(F)F)C(O)CS. The molecule has 1 nitrogen and oxygen atoms in total. The van der Waals surface area contributed by atoms with Crippen molar-refractivity contribution in [3.63, 3.8) is 0 Å². The summed E-state index contributed by atoms with van der Waals surface area (Å²) < 4.78 is 35.6. The fourth-order valence-corrected chi connectivity index (χ4v) is 1.37. The molecule has 0 aromatic carbocycles. The maximum Gasteiger partial charge on any atom is 0.389 e. The lowest BCUT2D eigenvalue weighted by molar-refractivity contribution is -0.143. The van der Waals surface area contributed by atoms with Gasteiger partial charge >= 0.3 is 6.18 Å². The molecule has 80 valence electrons. The van der Waals surface area contributed by atoms with Crippen LogP contribution < -0.4 is 0 Å². The Morgan fingerprint density at radius 3 is 2.00 bits per heavy atom. The van der Waals surface area contributed by atoms with Crippen molar-refractivity contribution in [2.45, 2.75) is 39.0 Å². The molecule has 0 aromatic heterocycles. The molecule has 13 heavy (non-hydrogen) atoms. The molecule has 0 rings (SSSR count). The molecule has 1 N–H and O–H groups in total. The zero-order valence-corrected chi connectivity index (χ0v) is 8.62. The first-order valence-electron chi connectivity index (χ1n) is 4.05. The number of aliphatic hydroxyl groups is 1. The van der Waals surface area contributed by atoms with Gasteiger partial charge in [-0.15, -0.1) is 0 Å². The van der Waals surface area contributed by atoms with Crippen LogP contribution in [0.5, 0.6) is 0 Å². The standard InChI is InChI=1S/C8H15F3OS/c1-7(2,6(12)5-13)3-4-8(9,10)11/h6,12-13H,3-5H2,1-2H3. The van der Waals surface area contributed by atoms with Gasteiger partial charge in [-0.1, -0.05) is 13.8 Å². The molecule has 0 amide bonds. The lowest BCUT2D eigenvalue weighted by atomic mass is 9.82. The number of rotatable bonds is 4. The molecule has 0 radical (unpaired) electrons. The predicted molar refractivity (Wildman–Crippen MR) is 48.9 cm³/mol. The number of hydrogen-bond acceptors (Lipinski definition) is 2. The Morgan fingerprint density at radius 2 is 1.69 bits per heavy atom. The normalized spacial score (nSPS) is 15.9. The van der Waals surface area contributed by atoms with Crippen LogP contribution in [0.25, 0.3) is 0 Å². The summed E-state index contributed by atoms with van der Waals surface area (Å²) in [6.07, 6.45) is -5.87. The second-order valence-electron chi connectivity index (χ2n) is 3.80. The maximum atomic E-state index is 11.9. The number of hydrogen-bond donors (Lipinski definition) is 2. The summed E-state index contributed by atoms with van der Waals surface area (Å²) in [6.45, 7) is 3.22. The third-order valence-electron chi connectivity index (χ3n) is 2.13. The second kappa shape index (κ2) is 4.55. The average molecular weight is 216 g/mol. The fourth-order valence-electron chi connectivity index (χ4n) is 0.878. The molecule has 0 bridgehead atoms. The van der Waals surface area contributed by atoms with E-state index in [0.29, 0.717) is 0 Å².